The van der Waals surface area contributed by atoms with E-state index < -0.39 is 0 Å². The summed E-state index contributed by atoms with van der Waals surface area (Å²) in [6, 6.07) is 13.4. The van der Waals surface area contributed by atoms with E-state index in [1.54, 1.807) is 20.2 Å². The maximum atomic E-state index is 12.8. The number of fused-ring (bicyclic) bond motifs is 1. The van der Waals surface area contributed by atoms with Crippen molar-refractivity contribution in [1.29, 1.82) is 0 Å². The van der Waals surface area contributed by atoms with Crippen molar-refractivity contribution in [3.8, 4) is 17.2 Å². The Hall–Kier alpha value is -3.32. The van der Waals surface area contributed by atoms with Gasteiger partial charge in [0.1, 0.15) is 16.3 Å². The van der Waals surface area contributed by atoms with Crippen molar-refractivity contribution in [3.05, 3.63) is 69.6 Å². The first-order valence-corrected chi connectivity index (χ1v) is 10.8. The number of thiophene rings is 1. The molecule has 0 fully saturated rings. The number of carbonyl (C=O) groups is 1. The highest BCUT2D eigenvalue weighted by atomic mass is 32.1. The molecular formula is C24H23NO5S. The Morgan fingerprint density at radius 3 is 2.68 bits per heavy atom. The molecule has 160 valence electrons. The van der Waals surface area contributed by atoms with E-state index in [-0.39, 0.29) is 12.8 Å². The van der Waals surface area contributed by atoms with Gasteiger partial charge in [0.2, 0.25) is 6.79 Å². The molecule has 6 nitrogen and oxygen atoms in total. The first-order valence-electron chi connectivity index (χ1n) is 9.95. The van der Waals surface area contributed by atoms with Crippen LogP contribution in [0.2, 0.25) is 0 Å². The molecule has 7 heteroatoms. The van der Waals surface area contributed by atoms with Gasteiger partial charge in [-0.05, 0) is 73.4 Å². The fourth-order valence-electron chi connectivity index (χ4n) is 3.36. The number of carbonyl (C=O) groups excluding carboxylic acids is 1. The molecule has 0 spiro atoms. The summed E-state index contributed by atoms with van der Waals surface area (Å²) in [6.45, 7) is 4.34. The summed E-state index contributed by atoms with van der Waals surface area (Å²) in [7, 11) is 1.63. The molecule has 0 saturated carbocycles. The van der Waals surface area contributed by atoms with Gasteiger partial charge in [0.25, 0.3) is 0 Å². The number of rotatable bonds is 7. The van der Waals surface area contributed by atoms with Crippen LogP contribution in [0.4, 0.5) is 5.00 Å². The van der Waals surface area contributed by atoms with Crippen molar-refractivity contribution in [2.45, 2.75) is 20.3 Å². The third-order valence-electron chi connectivity index (χ3n) is 4.93. The Kier molecular flexibility index (Phi) is 6.23. The van der Waals surface area contributed by atoms with Gasteiger partial charge >= 0.3 is 5.97 Å². The first kappa shape index (κ1) is 20.9. The predicted molar refractivity (Wildman–Crippen MR) is 121 cm³/mol. The van der Waals surface area contributed by atoms with Crippen LogP contribution in [0.25, 0.3) is 0 Å². The molecule has 1 aliphatic rings. The summed E-state index contributed by atoms with van der Waals surface area (Å²) in [5.41, 5.74) is 3.39. The number of aryl methyl sites for hydroxylation is 1. The number of esters is 1. The normalized spacial score (nSPS) is 12.4. The van der Waals surface area contributed by atoms with Gasteiger partial charge in [-0.3, -0.25) is 0 Å². The molecule has 0 aliphatic carbocycles. The summed E-state index contributed by atoms with van der Waals surface area (Å²) < 4.78 is 21.4. The van der Waals surface area contributed by atoms with E-state index in [1.807, 2.05) is 49.4 Å². The van der Waals surface area contributed by atoms with Crippen molar-refractivity contribution < 1.29 is 23.7 Å². The van der Waals surface area contributed by atoms with Crippen molar-refractivity contribution in [2.24, 2.45) is 4.99 Å². The van der Waals surface area contributed by atoms with Crippen LogP contribution in [0, 0.1) is 6.92 Å². The Bertz CT molecular complexity index is 1120. The van der Waals surface area contributed by atoms with Crippen molar-refractivity contribution >= 4 is 28.5 Å². The van der Waals surface area contributed by atoms with Crippen LogP contribution in [-0.4, -0.2) is 32.7 Å². The highest BCUT2D eigenvalue weighted by Gasteiger charge is 2.24. The van der Waals surface area contributed by atoms with Gasteiger partial charge in [-0.15, -0.1) is 11.3 Å². The highest BCUT2D eigenvalue weighted by molar-refractivity contribution is 7.16. The third kappa shape index (κ3) is 4.56. The van der Waals surface area contributed by atoms with Crippen molar-refractivity contribution in [3.63, 3.8) is 0 Å². The summed E-state index contributed by atoms with van der Waals surface area (Å²) >= 11 is 1.49. The van der Waals surface area contributed by atoms with Crippen LogP contribution in [0.1, 0.15) is 38.8 Å². The molecule has 0 bridgehead atoms. The van der Waals surface area contributed by atoms with E-state index in [0.717, 1.165) is 38.8 Å². The van der Waals surface area contributed by atoms with Crippen LogP contribution in [0.5, 0.6) is 17.2 Å². The molecule has 0 amide bonds. The van der Waals surface area contributed by atoms with E-state index >= 15 is 0 Å². The quantitative estimate of drug-likeness (QED) is 0.370. The summed E-state index contributed by atoms with van der Waals surface area (Å²) in [4.78, 5) is 18.5. The van der Waals surface area contributed by atoms with Gasteiger partial charge in [0.05, 0.1) is 13.7 Å². The Morgan fingerprint density at radius 1 is 1.16 bits per heavy atom. The van der Waals surface area contributed by atoms with Gasteiger partial charge in [-0.25, -0.2) is 9.79 Å². The van der Waals surface area contributed by atoms with Gasteiger partial charge in [0, 0.05) is 11.1 Å². The molecule has 1 aliphatic heterocycles. The molecule has 0 unspecified atom stereocenters. The number of benzene rings is 2. The zero-order valence-corrected chi connectivity index (χ0v) is 18.5. The number of hydrogen-bond donors (Lipinski definition) is 0. The van der Waals surface area contributed by atoms with E-state index in [2.05, 4.69) is 4.99 Å². The lowest BCUT2D eigenvalue weighted by Crippen LogP contribution is -2.07. The van der Waals surface area contributed by atoms with E-state index in [0.29, 0.717) is 23.6 Å². The van der Waals surface area contributed by atoms with Gasteiger partial charge in [-0.2, -0.15) is 0 Å². The van der Waals surface area contributed by atoms with Crippen LogP contribution < -0.4 is 14.2 Å². The zero-order valence-electron chi connectivity index (χ0n) is 17.6. The Labute approximate surface area is 185 Å². The fraction of sp³-hybridized carbons (Fsp3) is 0.250. The molecule has 1 aromatic heterocycles. The number of hydrogen-bond acceptors (Lipinski definition) is 7. The molecule has 31 heavy (non-hydrogen) atoms. The van der Waals surface area contributed by atoms with Gasteiger partial charge < -0.3 is 18.9 Å². The number of methoxy groups -OCH3 is 1. The average Bonchev–Trinajstić information content (AvgIpc) is 3.37. The zero-order chi connectivity index (χ0) is 21.8. The molecule has 3 aromatic rings. The number of aliphatic imine (C=N–C) groups is 1. The van der Waals surface area contributed by atoms with E-state index in [1.165, 1.54) is 11.3 Å². The van der Waals surface area contributed by atoms with Crippen LogP contribution in [-0.2, 0) is 11.2 Å². The highest BCUT2D eigenvalue weighted by Crippen LogP contribution is 2.39. The molecule has 2 aromatic carbocycles. The largest absolute Gasteiger partial charge is 0.497 e. The van der Waals surface area contributed by atoms with E-state index in [4.69, 9.17) is 18.9 Å². The molecule has 2 heterocycles. The molecular weight excluding hydrogens is 414 g/mol. The average molecular weight is 438 g/mol. The molecule has 0 radical (unpaired) electrons. The van der Waals surface area contributed by atoms with E-state index in [9.17, 15) is 4.79 Å². The minimum absolute atomic E-state index is 0.231. The summed E-state index contributed by atoms with van der Waals surface area (Å²) in [6.07, 6.45) is 2.32. The number of ether oxygens (including phenoxy) is 4. The second-order valence-electron chi connectivity index (χ2n) is 6.93. The monoisotopic (exact) mass is 437 g/mol. The summed E-state index contributed by atoms with van der Waals surface area (Å²) in [5.74, 6) is 1.88. The van der Waals surface area contributed by atoms with Gasteiger partial charge in [-0.1, -0.05) is 6.07 Å². The topological polar surface area (TPSA) is 66.4 Å². The lowest BCUT2D eigenvalue weighted by molar-refractivity contribution is 0.0527. The second-order valence-corrected chi connectivity index (χ2v) is 8.14. The van der Waals surface area contributed by atoms with Crippen LogP contribution >= 0.6 is 11.3 Å². The van der Waals surface area contributed by atoms with Crippen molar-refractivity contribution in [1.82, 2.24) is 0 Å². The predicted octanol–water partition coefficient (Wildman–Crippen LogP) is 5.31. The van der Waals surface area contributed by atoms with Crippen LogP contribution in [0.3, 0.4) is 0 Å². The lowest BCUT2D eigenvalue weighted by atomic mass is 10.0. The summed E-state index contributed by atoms with van der Waals surface area (Å²) in [5, 5.41) is 0.641. The standard InChI is InChI=1S/C24H23NO5S/c1-4-28-24(26)22-19(11-17-7-10-20-21(12-17)30-14-29-20)15(2)31-23(22)25-13-16-5-8-18(27-3)9-6-16/h5-10,12-13H,4,11,14H2,1-3H3. The second kappa shape index (κ2) is 9.22. The molecule has 0 saturated heterocycles. The minimum atomic E-state index is -0.357. The van der Waals surface area contributed by atoms with Crippen molar-refractivity contribution in [2.75, 3.05) is 20.5 Å². The lowest BCUT2D eigenvalue weighted by Gasteiger charge is -2.08. The van der Waals surface area contributed by atoms with Crippen LogP contribution in [0.15, 0.2) is 47.5 Å². The molecule has 4 rings (SSSR count). The van der Waals surface area contributed by atoms with Gasteiger partial charge in [0.15, 0.2) is 11.5 Å². The first-order chi connectivity index (χ1) is 15.1. The Balaban J connectivity index is 1.67. The number of nitrogens with zero attached hydrogens (tertiary/aromatic N) is 1. The maximum absolute atomic E-state index is 12.8. The fourth-order valence-corrected chi connectivity index (χ4v) is 4.36. The maximum Gasteiger partial charge on any atom is 0.341 e. The molecule has 0 atom stereocenters. The third-order valence-corrected chi connectivity index (χ3v) is 5.99. The smallest absolute Gasteiger partial charge is 0.341 e. The SMILES string of the molecule is CCOC(=O)c1c(N=Cc2ccc(OC)cc2)sc(C)c1Cc1ccc2c(c1)OCO2. The minimum Gasteiger partial charge on any atom is -0.497 e. The molecule has 0 N–H and O–H groups in total. The Morgan fingerprint density at radius 2 is 1.94 bits per heavy atom.